The predicted octanol–water partition coefficient (Wildman–Crippen LogP) is 3.85. The second-order valence-corrected chi connectivity index (χ2v) is 9.89. The van der Waals surface area contributed by atoms with E-state index in [0.717, 1.165) is 0 Å². The van der Waals surface area contributed by atoms with Crippen LogP contribution in [0.15, 0.2) is 0 Å². The zero-order chi connectivity index (χ0) is 27.8. The Hall–Kier alpha value is -2.18. The maximum absolute atomic E-state index is 12.4. The van der Waals surface area contributed by atoms with Crippen LogP contribution in [0.5, 0.6) is 5.75 Å². The van der Waals surface area contributed by atoms with Gasteiger partial charge in [-0.05, 0) is 27.2 Å². The highest BCUT2D eigenvalue weighted by molar-refractivity contribution is 6.55. The maximum atomic E-state index is 12.4. The van der Waals surface area contributed by atoms with Crippen molar-refractivity contribution in [2.45, 2.75) is 45.3 Å². The highest BCUT2D eigenvalue weighted by Crippen LogP contribution is 2.48. The van der Waals surface area contributed by atoms with E-state index in [2.05, 4.69) is 16.0 Å². The molecule has 0 saturated carbocycles. The van der Waals surface area contributed by atoms with Crippen molar-refractivity contribution in [3.8, 4) is 5.75 Å². The third kappa shape index (κ3) is 10.4. The zero-order valence-corrected chi connectivity index (χ0v) is 22.9. The summed E-state index contributed by atoms with van der Waals surface area (Å²) in [5, 5.41) is 14.5. The normalized spacial score (nSPS) is 11.8. The summed E-state index contributed by atoms with van der Waals surface area (Å²) >= 11 is 29.6. The number of carbonyl (C=O) groups excluding carboxylic acids is 4. The molecule has 0 fully saturated rings. The van der Waals surface area contributed by atoms with Gasteiger partial charge in [-0.2, -0.15) is 0 Å². The van der Waals surface area contributed by atoms with Crippen molar-refractivity contribution in [3.05, 3.63) is 25.1 Å². The lowest BCUT2D eigenvalue weighted by molar-refractivity contribution is -0.137. The molecule has 1 aromatic carbocycles. The molecule has 0 heterocycles. The number of carboxylic acids is 1. The van der Waals surface area contributed by atoms with Crippen LogP contribution >= 0.6 is 58.0 Å². The van der Waals surface area contributed by atoms with E-state index in [9.17, 15) is 24.0 Å². The van der Waals surface area contributed by atoms with Gasteiger partial charge in [-0.15, -0.1) is 0 Å². The first-order chi connectivity index (χ1) is 16.5. The molecule has 0 radical (unpaired) electrons. The fourth-order valence-corrected chi connectivity index (χ4v) is 3.53. The van der Waals surface area contributed by atoms with Gasteiger partial charge in [-0.1, -0.05) is 58.0 Å². The Balaban J connectivity index is 2.66. The monoisotopic (exact) mass is 607 g/mol. The smallest absolute Gasteiger partial charge is 0.408 e. The zero-order valence-electron chi connectivity index (χ0n) is 19.1. The topological polar surface area (TPSA) is 160 Å². The van der Waals surface area contributed by atoms with Gasteiger partial charge in [-0.25, -0.2) is 9.59 Å². The molecule has 0 spiro atoms. The first kappa shape index (κ1) is 31.8. The lowest BCUT2D eigenvalue weighted by Crippen LogP contribution is -2.50. The number of hydrogen-bond donors (Lipinski definition) is 4. The fourth-order valence-electron chi connectivity index (χ4n) is 2.33. The number of carboxylic acid groups (broad SMARTS) is 1. The van der Waals surface area contributed by atoms with E-state index in [4.69, 9.17) is 72.6 Å². The average molecular weight is 610 g/mol. The van der Waals surface area contributed by atoms with Crippen LogP contribution in [0, 0.1) is 0 Å². The minimum absolute atomic E-state index is 0.139. The van der Waals surface area contributed by atoms with Crippen LogP contribution in [-0.4, -0.2) is 59.7 Å². The van der Waals surface area contributed by atoms with Crippen molar-refractivity contribution in [2.24, 2.45) is 0 Å². The number of benzene rings is 1. The molecule has 1 atom stereocenters. The van der Waals surface area contributed by atoms with Gasteiger partial charge < -0.3 is 30.5 Å². The molecule has 11 nitrogen and oxygen atoms in total. The number of nitrogens with one attached hydrogen (secondary N) is 3. The molecule has 36 heavy (non-hydrogen) atoms. The third-order valence-corrected chi connectivity index (χ3v) is 6.13. The quantitative estimate of drug-likeness (QED) is 0.135. The van der Waals surface area contributed by atoms with E-state index >= 15 is 0 Å². The lowest BCUT2D eigenvalue weighted by Gasteiger charge is -2.23. The summed E-state index contributed by atoms with van der Waals surface area (Å²) < 4.78 is 10.0. The van der Waals surface area contributed by atoms with Gasteiger partial charge in [0, 0.05) is 6.42 Å². The number of carbonyl (C=O) groups is 5. The predicted molar refractivity (Wildman–Crippen MR) is 133 cm³/mol. The Kier molecular flexibility index (Phi) is 12.3. The number of rotatable bonds is 10. The second kappa shape index (κ2) is 13.9. The van der Waals surface area contributed by atoms with Crippen molar-refractivity contribution >= 4 is 87.9 Å². The number of hydrogen-bond acceptors (Lipinski definition) is 7. The van der Waals surface area contributed by atoms with Gasteiger partial charge in [-0.3, -0.25) is 14.4 Å². The molecule has 1 rings (SSSR count). The molecule has 200 valence electrons. The highest BCUT2D eigenvalue weighted by Gasteiger charge is 2.26. The van der Waals surface area contributed by atoms with Crippen molar-refractivity contribution in [1.29, 1.82) is 0 Å². The van der Waals surface area contributed by atoms with Crippen LogP contribution in [0.2, 0.25) is 25.1 Å². The molecule has 0 aromatic heterocycles. The maximum Gasteiger partial charge on any atom is 0.408 e. The summed E-state index contributed by atoms with van der Waals surface area (Å²) in [6.45, 7) is 3.55. The van der Waals surface area contributed by atoms with Crippen molar-refractivity contribution in [1.82, 2.24) is 16.0 Å². The first-order valence-electron chi connectivity index (χ1n) is 10.0. The number of halogens is 5. The summed E-state index contributed by atoms with van der Waals surface area (Å²) in [5.41, 5.74) is -0.858. The Morgan fingerprint density at radius 2 is 1.39 bits per heavy atom. The van der Waals surface area contributed by atoms with Crippen LogP contribution < -0.4 is 20.7 Å². The molecule has 1 aromatic rings. The number of ether oxygens (including phenoxy) is 2. The Bertz CT molecular complexity index is 1020. The third-order valence-electron chi connectivity index (χ3n) is 3.89. The SMILES string of the molecule is CC(C)(C)OC(=O)N[C@@H](CCC(=O)O)C(=O)NCC(=O)NCC(=O)Oc1c(Cl)c(Cl)c(Cl)c(Cl)c1Cl. The van der Waals surface area contributed by atoms with Crippen LogP contribution in [0.3, 0.4) is 0 Å². The van der Waals surface area contributed by atoms with E-state index < -0.39 is 61.0 Å². The van der Waals surface area contributed by atoms with Gasteiger partial charge in [0.1, 0.15) is 28.2 Å². The number of esters is 1. The standard InChI is InChI=1S/C20H22Cl5N3O8/c1-20(2,3)36-19(34)28-8(4-5-10(30)31)18(33)27-6-9(29)26-7-11(32)35-17-15(24)13(22)12(21)14(23)16(17)25/h8H,4-7H2,1-3H3,(H,26,29)(H,27,33)(H,28,34)(H,30,31)/t8-/m0/s1. The molecule has 0 saturated heterocycles. The number of aliphatic carboxylic acids is 1. The van der Waals surface area contributed by atoms with Crippen LogP contribution in [-0.2, 0) is 23.9 Å². The fraction of sp³-hybridized carbons (Fsp3) is 0.450. The van der Waals surface area contributed by atoms with E-state index in [1.807, 2.05) is 0 Å². The molecule has 0 bridgehead atoms. The summed E-state index contributed by atoms with van der Waals surface area (Å²) in [6, 6.07) is -1.29. The van der Waals surface area contributed by atoms with Crippen molar-refractivity contribution < 1.29 is 38.6 Å². The van der Waals surface area contributed by atoms with Crippen molar-refractivity contribution in [3.63, 3.8) is 0 Å². The largest absolute Gasteiger partial charge is 0.481 e. The Morgan fingerprint density at radius 1 is 0.861 bits per heavy atom. The van der Waals surface area contributed by atoms with E-state index in [-0.39, 0.29) is 37.3 Å². The van der Waals surface area contributed by atoms with Crippen LogP contribution in [0.25, 0.3) is 0 Å². The average Bonchev–Trinajstić information content (AvgIpc) is 2.77. The molecule has 0 aliphatic rings. The van der Waals surface area contributed by atoms with Gasteiger partial charge in [0.15, 0.2) is 5.75 Å². The molecule has 0 unspecified atom stereocenters. The first-order valence-corrected chi connectivity index (χ1v) is 11.9. The van der Waals surface area contributed by atoms with Crippen LogP contribution in [0.4, 0.5) is 4.79 Å². The highest BCUT2D eigenvalue weighted by atomic mass is 35.5. The van der Waals surface area contributed by atoms with Crippen LogP contribution in [0.1, 0.15) is 33.6 Å². The van der Waals surface area contributed by atoms with Crippen molar-refractivity contribution in [2.75, 3.05) is 13.1 Å². The minimum Gasteiger partial charge on any atom is -0.481 e. The lowest BCUT2D eigenvalue weighted by atomic mass is 10.1. The summed E-state index contributed by atoms with van der Waals surface area (Å²) in [6.07, 6.45) is -1.64. The van der Waals surface area contributed by atoms with E-state index in [1.54, 1.807) is 20.8 Å². The molecule has 4 N–H and O–H groups in total. The summed E-state index contributed by atoms with van der Waals surface area (Å²) in [5.74, 6) is -4.21. The van der Waals surface area contributed by atoms with Gasteiger partial charge in [0.2, 0.25) is 11.8 Å². The molecule has 3 amide bonds. The summed E-state index contributed by atoms with van der Waals surface area (Å²) in [4.78, 5) is 59.3. The second-order valence-electron chi connectivity index (χ2n) is 8.00. The number of alkyl carbamates (subject to hydrolysis) is 1. The molecular weight excluding hydrogens is 587 g/mol. The van der Waals surface area contributed by atoms with Gasteiger partial charge in [0.05, 0.1) is 21.6 Å². The molecule has 0 aliphatic heterocycles. The van der Waals surface area contributed by atoms with E-state index in [1.165, 1.54) is 0 Å². The van der Waals surface area contributed by atoms with Gasteiger partial charge >= 0.3 is 18.0 Å². The minimum atomic E-state index is -1.29. The number of amides is 3. The molecule has 0 aliphatic carbocycles. The molecule has 16 heteroatoms. The summed E-state index contributed by atoms with van der Waals surface area (Å²) in [7, 11) is 0. The molecular formula is C20H22Cl5N3O8. The van der Waals surface area contributed by atoms with E-state index in [0.29, 0.717) is 0 Å². The Morgan fingerprint density at radius 3 is 1.89 bits per heavy atom. The van der Waals surface area contributed by atoms with Gasteiger partial charge in [0.25, 0.3) is 0 Å². The Labute approximate surface area is 231 Å².